The maximum absolute atomic E-state index is 10.4. The Hall–Kier alpha value is -1.15. The second kappa shape index (κ2) is 3.50. The van der Waals surface area contributed by atoms with Crippen LogP contribution in [0, 0.1) is 6.92 Å². The van der Waals surface area contributed by atoms with Gasteiger partial charge in [0.1, 0.15) is 0 Å². The van der Waals surface area contributed by atoms with Crippen LogP contribution in [0.3, 0.4) is 0 Å². The minimum atomic E-state index is 0.334. The Labute approximate surface area is 75.2 Å². The van der Waals surface area contributed by atoms with Gasteiger partial charge in [-0.3, -0.25) is 9.59 Å². The Bertz CT molecular complexity index is 299. The smallest absolute Gasteiger partial charge is 0.150 e. The van der Waals surface area contributed by atoms with Gasteiger partial charge in [0.2, 0.25) is 0 Å². The number of hydrogen-bond acceptors (Lipinski definition) is 2. The monoisotopic (exact) mass is 182 g/mol. The molecule has 0 aliphatic heterocycles. The van der Waals surface area contributed by atoms with E-state index in [2.05, 4.69) is 0 Å². The molecular weight excluding hydrogens is 176 g/mol. The van der Waals surface area contributed by atoms with Crippen LogP contribution in [0.1, 0.15) is 26.3 Å². The van der Waals surface area contributed by atoms with Crippen LogP contribution >= 0.6 is 11.6 Å². The minimum Gasteiger partial charge on any atom is -0.298 e. The largest absolute Gasteiger partial charge is 0.298 e. The highest BCUT2D eigenvalue weighted by molar-refractivity contribution is 6.31. The molecule has 0 N–H and O–H groups in total. The van der Waals surface area contributed by atoms with Gasteiger partial charge in [0.25, 0.3) is 0 Å². The fourth-order valence-corrected chi connectivity index (χ4v) is 1.10. The first-order chi connectivity index (χ1) is 5.69. The van der Waals surface area contributed by atoms with E-state index in [1.54, 1.807) is 13.0 Å². The van der Waals surface area contributed by atoms with Crippen molar-refractivity contribution in [2.24, 2.45) is 0 Å². The number of carbonyl (C=O) groups is 2. The molecule has 0 saturated carbocycles. The molecule has 0 bridgehead atoms. The van der Waals surface area contributed by atoms with Crippen LogP contribution in [-0.2, 0) is 0 Å². The zero-order valence-corrected chi connectivity index (χ0v) is 7.26. The van der Waals surface area contributed by atoms with E-state index in [0.717, 1.165) is 5.56 Å². The summed E-state index contributed by atoms with van der Waals surface area (Å²) in [5.41, 5.74) is 1.51. The third kappa shape index (κ3) is 1.53. The molecule has 0 saturated heterocycles. The second-order valence-electron chi connectivity index (χ2n) is 2.47. The maximum Gasteiger partial charge on any atom is 0.150 e. The number of rotatable bonds is 2. The van der Waals surface area contributed by atoms with Crippen LogP contribution in [0.15, 0.2) is 12.1 Å². The highest BCUT2D eigenvalue weighted by atomic mass is 35.5. The van der Waals surface area contributed by atoms with Crippen molar-refractivity contribution in [3.8, 4) is 0 Å². The van der Waals surface area contributed by atoms with Gasteiger partial charge in [0.05, 0.1) is 0 Å². The van der Waals surface area contributed by atoms with Gasteiger partial charge >= 0.3 is 0 Å². The lowest BCUT2D eigenvalue weighted by atomic mass is 10.1. The van der Waals surface area contributed by atoms with Crippen molar-refractivity contribution in [3.05, 3.63) is 33.8 Å². The van der Waals surface area contributed by atoms with E-state index in [0.29, 0.717) is 28.7 Å². The lowest BCUT2D eigenvalue weighted by Crippen LogP contribution is -1.92. The van der Waals surface area contributed by atoms with E-state index in [-0.39, 0.29) is 0 Å². The zero-order valence-electron chi connectivity index (χ0n) is 6.50. The zero-order chi connectivity index (χ0) is 9.14. The van der Waals surface area contributed by atoms with Gasteiger partial charge in [0, 0.05) is 16.1 Å². The summed E-state index contributed by atoms with van der Waals surface area (Å²) in [6.45, 7) is 1.78. The van der Waals surface area contributed by atoms with Crippen LogP contribution in [0.2, 0.25) is 5.02 Å². The molecule has 0 amide bonds. The van der Waals surface area contributed by atoms with E-state index in [4.69, 9.17) is 11.6 Å². The Kier molecular flexibility index (Phi) is 2.61. The molecule has 1 aromatic rings. The average Bonchev–Trinajstić information content (AvgIpc) is 2.09. The first kappa shape index (κ1) is 8.94. The number of benzene rings is 1. The molecular formula is C9H7ClO2. The van der Waals surface area contributed by atoms with Crippen LogP contribution in [0.5, 0.6) is 0 Å². The summed E-state index contributed by atoms with van der Waals surface area (Å²) in [6.07, 6.45) is 1.27. The molecule has 1 rings (SSSR count). The Morgan fingerprint density at radius 2 is 1.67 bits per heavy atom. The maximum atomic E-state index is 10.4. The quantitative estimate of drug-likeness (QED) is 0.658. The summed E-state index contributed by atoms with van der Waals surface area (Å²) in [5.74, 6) is 0. The van der Waals surface area contributed by atoms with Gasteiger partial charge in [-0.1, -0.05) is 11.6 Å². The van der Waals surface area contributed by atoms with E-state index in [9.17, 15) is 9.59 Å². The lowest BCUT2D eigenvalue weighted by Gasteiger charge is -2.00. The summed E-state index contributed by atoms with van der Waals surface area (Å²) in [6, 6.07) is 3.09. The first-order valence-corrected chi connectivity index (χ1v) is 3.77. The number of halogens is 1. The average molecular weight is 183 g/mol. The van der Waals surface area contributed by atoms with Crippen LogP contribution in [-0.4, -0.2) is 12.6 Å². The molecule has 0 unspecified atom stereocenters. The molecule has 0 aliphatic carbocycles. The molecule has 0 radical (unpaired) electrons. The summed E-state index contributed by atoms with van der Waals surface area (Å²) in [4.78, 5) is 20.9. The predicted molar refractivity (Wildman–Crippen MR) is 47.0 cm³/mol. The van der Waals surface area contributed by atoms with Gasteiger partial charge in [-0.2, -0.15) is 0 Å². The van der Waals surface area contributed by atoms with Gasteiger partial charge in [0.15, 0.2) is 12.6 Å². The summed E-state index contributed by atoms with van der Waals surface area (Å²) < 4.78 is 0. The molecule has 62 valence electrons. The number of aldehydes is 2. The molecule has 0 aliphatic rings. The van der Waals surface area contributed by atoms with Crippen molar-refractivity contribution < 1.29 is 9.59 Å². The third-order valence-electron chi connectivity index (χ3n) is 1.62. The Morgan fingerprint density at radius 1 is 1.17 bits per heavy atom. The molecule has 12 heavy (non-hydrogen) atoms. The summed E-state index contributed by atoms with van der Waals surface area (Å²) in [7, 11) is 0. The van der Waals surface area contributed by atoms with E-state index in [1.165, 1.54) is 6.07 Å². The molecule has 0 heterocycles. The third-order valence-corrected chi connectivity index (χ3v) is 2.03. The standard InChI is InChI=1S/C9H7ClO2/c1-6-2-7(4-11)8(5-12)3-9(6)10/h2-5H,1H3. The molecule has 0 spiro atoms. The predicted octanol–water partition coefficient (Wildman–Crippen LogP) is 2.27. The van der Waals surface area contributed by atoms with Crippen molar-refractivity contribution >= 4 is 24.2 Å². The van der Waals surface area contributed by atoms with E-state index in [1.807, 2.05) is 0 Å². The number of hydrogen-bond donors (Lipinski definition) is 0. The normalized spacial score (nSPS) is 9.50. The first-order valence-electron chi connectivity index (χ1n) is 3.39. The van der Waals surface area contributed by atoms with Gasteiger partial charge in [-0.15, -0.1) is 0 Å². The highest BCUT2D eigenvalue weighted by Gasteiger charge is 2.03. The topological polar surface area (TPSA) is 34.1 Å². The Balaban J connectivity index is 3.37. The molecule has 1 aromatic carbocycles. The molecule has 0 aromatic heterocycles. The van der Waals surface area contributed by atoms with Gasteiger partial charge in [-0.05, 0) is 24.6 Å². The van der Waals surface area contributed by atoms with Gasteiger partial charge < -0.3 is 0 Å². The summed E-state index contributed by atoms with van der Waals surface area (Å²) >= 11 is 5.75. The fourth-order valence-electron chi connectivity index (χ4n) is 0.923. The minimum absolute atomic E-state index is 0.334. The van der Waals surface area contributed by atoms with E-state index < -0.39 is 0 Å². The van der Waals surface area contributed by atoms with Crippen LogP contribution < -0.4 is 0 Å². The number of aryl methyl sites for hydroxylation is 1. The molecule has 0 atom stereocenters. The Morgan fingerprint density at radius 3 is 2.17 bits per heavy atom. The SMILES string of the molecule is Cc1cc(C=O)c(C=O)cc1Cl. The van der Waals surface area contributed by atoms with Crippen molar-refractivity contribution in [2.45, 2.75) is 6.92 Å². The second-order valence-corrected chi connectivity index (χ2v) is 2.87. The molecule has 3 heteroatoms. The highest BCUT2D eigenvalue weighted by Crippen LogP contribution is 2.18. The lowest BCUT2D eigenvalue weighted by molar-refractivity contribution is 0.109. The number of carbonyl (C=O) groups excluding carboxylic acids is 2. The summed E-state index contributed by atoms with van der Waals surface area (Å²) in [5, 5.41) is 0.503. The molecule has 0 fully saturated rings. The van der Waals surface area contributed by atoms with Crippen LogP contribution in [0.25, 0.3) is 0 Å². The van der Waals surface area contributed by atoms with Crippen molar-refractivity contribution in [3.63, 3.8) is 0 Å². The van der Waals surface area contributed by atoms with Crippen molar-refractivity contribution in [2.75, 3.05) is 0 Å². The fraction of sp³-hybridized carbons (Fsp3) is 0.111. The van der Waals surface area contributed by atoms with Crippen molar-refractivity contribution in [1.82, 2.24) is 0 Å². The molecule has 2 nitrogen and oxygen atoms in total. The van der Waals surface area contributed by atoms with Gasteiger partial charge in [-0.25, -0.2) is 0 Å². The van der Waals surface area contributed by atoms with E-state index >= 15 is 0 Å². The van der Waals surface area contributed by atoms with Crippen molar-refractivity contribution in [1.29, 1.82) is 0 Å². The van der Waals surface area contributed by atoms with Crippen LogP contribution in [0.4, 0.5) is 0 Å².